The van der Waals surface area contributed by atoms with Crippen LogP contribution in [0.3, 0.4) is 0 Å². The summed E-state index contributed by atoms with van der Waals surface area (Å²) in [5.74, 6) is 0.247. The Labute approximate surface area is 148 Å². The Hall–Kier alpha value is -2.56. The number of ether oxygens (including phenoxy) is 1. The zero-order valence-electron chi connectivity index (χ0n) is 14.5. The average molecular weight is 340 g/mol. The van der Waals surface area contributed by atoms with Gasteiger partial charge in [-0.15, -0.1) is 0 Å². The molecular formula is C20H24N2O3. The first-order chi connectivity index (χ1) is 12.2. The lowest BCUT2D eigenvalue weighted by Gasteiger charge is -2.34. The van der Waals surface area contributed by atoms with Gasteiger partial charge in [0, 0.05) is 31.9 Å². The summed E-state index contributed by atoms with van der Waals surface area (Å²) in [4.78, 5) is 26.6. The lowest BCUT2D eigenvalue weighted by molar-refractivity contribution is -0.142. The van der Waals surface area contributed by atoms with E-state index in [2.05, 4.69) is 0 Å². The van der Waals surface area contributed by atoms with E-state index in [1.54, 1.807) is 0 Å². The van der Waals surface area contributed by atoms with Crippen LogP contribution >= 0.6 is 0 Å². The van der Waals surface area contributed by atoms with Crippen molar-refractivity contribution < 1.29 is 14.3 Å². The number of carbonyl (C=O) groups excluding carboxylic acids is 2. The van der Waals surface area contributed by atoms with E-state index in [0.717, 1.165) is 18.4 Å². The van der Waals surface area contributed by atoms with Gasteiger partial charge < -0.3 is 14.2 Å². The maximum absolute atomic E-state index is 13.2. The topological polar surface area (TPSA) is 51.5 Å². The number of aromatic nitrogens is 1. The highest BCUT2D eigenvalue weighted by atomic mass is 16.5. The van der Waals surface area contributed by atoms with Gasteiger partial charge >= 0.3 is 5.97 Å². The van der Waals surface area contributed by atoms with Gasteiger partial charge in [-0.25, -0.2) is 0 Å². The van der Waals surface area contributed by atoms with Crippen molar-refractivity contribution in [3.63, 3.8) is 0 Å². The third-order valence-corrected chi connectivity index (χ3v) is 4.88. The Morgan fingerprint density at radius 3 is 2.32 bits per heavy atom. The first-order valence-electron chi connectivity index (χ1n) is 8.72. The van der Waals surface area contributed by atoms with Crippen LogP contribution in [0.2, 0.25) is 0 Å². The lowest BCUT2D eigenvalue weighted by atomic mass is 9.93. The number of nitrogens with zero attached hydrogens (tertiary/aromatic N) is 2. The number of hydrogen-bond donors (Lipinski definition) is 0. The molecule has 0 bridgehead atoms. The molecule has 2 heterocycles. The highest BCUT2D eigenvalue weighted by Gasteiger charge is 2.30. The first kappa shape index (κ1) is 17.3. The molecule has 1 unspecified atom stereocenters. The molecule has 0 saturated carbocycles. The van der Waals surface area contributed by atoms with E-state index in [-0.39, 0.29) is 17.9 Å². The number of rotatable bonds is 5. The van der Waals surface area contributed by atoms with Gasteiger partial charge in [0.15, 0.2) is 0 Å². The van der Waals surface area contributed by atoms with Gasteiger partial charge in [-0.3, -0.25) is 9.59 Å². The normalized spacial score (nSPS) is 16.4. The van der Waals surface area contributed by atoms with E-state index in [4.69, 9.17) is 4.74 Å². The van der Waals surface area contributed by atoms with Crippen LogP contribution in [0, 0.1) is 5.92 Å². The molecule has 25 heavy (non-hydrogen) atoms. The van der Waals surface area contributed by atoms with Gasteiger partial charge in [0.2, 0.25) is 5.91 Å². The Bertz CT molecular complexity index is 689. The van der Waals surface area contributed by atoms with Crippen molar-refractivity contribution in [3.8, 4) is 0 Å². The van der Waals surface area contributed by atoms with Crippen molar-refractivity contribution in [3.05, 3.63) is 60.4 Å². The van der Waals surface area contributed by atoms with Crippen LogP contribution < -0.4 is 0 Å². The molecule has 2 aromatic rings. The molecule has 0 aliphatic carbocycles. The Balaban J connectivity index is 1.71. The van der Waals surface area contributed by atoms with E-state index < -0.39 is 0 Å². The summed E-state index contributed by atoms with van der Waals surface area (Å²) < 4.78 is 6.71. The summed E-state index contributed by atoms with van der Waals surface area (Å²) in [5, 5.41) is 0. The second kappa shape index (κ2) is 8.01. The molecule has 0 radical (unpaired) electrons. The van der Waals surface area contributed by atoms with Crippen molar-refractivity contribution in [1.29, 1.82) is 0 Å². The van der Waals surface area contributed by atoms with Gasteiger partial charge in [-0.2, -0.15) is 0 Å². The summed E-state index contributed by atoms with van der Waals surface area (Å²) in [6.07, 6.45) is 5.99. The third-order valence-electron chi connectivity index (χ3n) is 4.88. The minimum absolute atomic E-state index is 0.110. The minimum Gasteiger partial charge on any atom is -0.469 e. The van der Waals surface area contributed by atoms with E-state index in [9.17, 15) is 9.59 Å². The molecule has 1 aliphatic heterocycles. The third kappa shape index (κ3) is 4.10. The standard InChI is InChI=1S/C20H24N2O3/c1-25-18(23)15-16-9-13-22(14-10-16)20(24)19(21-11-5-6-12-21)17-7-3-2-4-8-17/h2-8,11-12,16,19H,9-10,13-15H2,1H3. The highest BCUT2D eigenvalue weighted by Crippen LogP contribution is 2.26. The molecule has 132 valence electrons. The fraction of sp³-hybridized carbons (Fsp3) is 0.400. The van der Waals surface area contributed by atoms with E-state index in [0.29, 0.717) is 25.4 Å². The number of methoxy groups -OCH3 is 1. The van der Waals surface area contributed by atoms with Crippen molar-refractivity contribution in [2.24, 2.45) is 5.92 Å². The number of likely N-dealkylation sites (tertiary alicyclic amines) is 1. The molecule has 1 amide bonds. The fourth-order valence-electron chi connectivity index (χ4n) is 3.45. The molecule has 1 aliphatic rings. The zero-order chi connectivity index (χ0) is 17.6. The minimum atomic E-state index is -0.339. The van der Waals surface area contributed by atoms with Gasteiger partial charge in [0.05, 0.1) is 7.11 Å². The Kier molecular flexibility index (Phi) is 5.53. The monoisotopic (exact) mass is 340 g/mol. The maximum atomic E-state index is 13.2. The van der Waals surface area contributed by atoms with Crippen molar-refractivity contribution in [2.45, 2.75) is 25.3 Å². The van der Waals surface area contributed by atoms with Crippen LogP contribution in [-0.2, 0) is 14.3 Å². The van der Waals surface area contributed by atoms with Crippen LogP contribution in [0.4, 0.5) is 0 Å². The van der Waals surface area contributed by atoms with Crippen LogP contribution in [0.15, 0.2) is 54.9 Å². The number of amides is 1. The van der Waals surface area contributed by atoms with Crippen LogP contribution in [0.1, 0.15) is 30.9 Å². The molecule has 1 fully saturated rings. The highest BCUT2D eigenvalue weighted by molar-refractivity contribution is 5.84. The summed E-state index contributed by atoms with van der Waals surface area (Å²) in [5.41, 5.74) is 0.986. The molecule has 3 rings (SSSR count). The quantitative estimate of drug-likeness (QED) is 0.787. The number of benzene rings is 1. The van der Waals surface area contributed by atoms with E-state index in [1.807, 2.05) is 64.3 Å². The number of piperidine rings is 1. The summed E-state index contributed by atoms with van der Waals surface area (Å²) >= 11 is 0. The summed E-state index contributed by atoms with van der Waals surface area (Å²) in [7, 11) is 1.42. The zero-order valence-corrected chi connectivity index (χ0v) is 14.5. The molecule has 5 nitrogen and oxygen atoms in total. The Morgan fingerprint density at radius 1 is 1.08 bits per heavy atom. The van der Waals surface area contributed by atoms with E-state index in [1.165, 1.54) is 7.11 Å². The van der Waals surface area contributed by atoms with Gasteiger partial charge in [-0.1, -0.05) is 30.3 Å². The van der Waals surface area contributed by atoms with Crippen LogP contribution in [0.5, 0.6) is 0 Å². The maximum Gasteiger partial charge on any atom is 0.305 e. The molecule has 5 heteroatoms. The number of hydrogen-bond acceptors (Lipinski definition) is 3. The number of esters is 1. The average Bonchev–Trinajstić information content (AvgIpc) is 3.17. The summed E-state index contributed by atoms with van der Waals surface area (Å²) in [6.45, 7) is 1.37. The lowest BCUT2D eigenvalue weighted by Crippen LogP contribution is -2.43. The largest absolute Gasteiger partial charge is 0.469 e. The Morgan fingerprint density at radius 2 is 1.72 bits per heavy atom. The molecular weight excluding hydrogens is 316 g/mol. The second-order valence-electron chi connectivity index (χ2n) is 6.49. The second-order valence-corrected chi connectivity index (χ2v) is 6.49. The molecule has 1 aromatic carbocycles. The van der Waals surface area contributed by atoms with Crippen molar-refractivity contribution in [2.75, 3.05) is 20.2 Å². The van der Waals surface area contributed by atoms with Crippen LogP contribution in [-0.4, -0.2) is 41.5 Å². The van der Waals surface area contributed by atoms with Gasteiger partial charge in [0.1, 0.15) is 6.04 Å². The smallest absolute Gasteiger partial charge is 0.305 e. The SMILES string of the molecule is COC(=O)CC1CCN(C(=O)C(c2ccccc2)n2cccc2)CC1. The predicted octanol–water partition coefficient (Wildman–Crippen LogP) is 2.88. The fourth-order valence-corrected chi connectivity index (χ4v) is 3.45. The van der Waals surface area contributed by atoms with Crippen molar-refractivity contribution >= 4 is 11.9 Å². The van der Waals surface area contributed by atoms with Gasteiger partial charge in [0.25, 0.3) is 0 Å². The van der Waals surface area contributed by atoms with Crippen molar-refractivity contribution in [1.82, 2.24) is 9.47 Å². The molecule has 1 aromatic heterocycles. The van der Waals surface area contributed by atoms with Crippen LogP contribution in [0.25, 0.3) is 0 Å². The van der Waals surface area contributed by atoms with E-state index >= 15 is 0 Å². The predicted molar refractivity (Wildman–Crippen MR) is 95.0 cm³/mol. The number of carbonyl (C=O) groups is 2. The molecule has 0 spiro atoms. The molecule has 1 atom stereocenters. The summed E-state index contributed by atoms with van der Waals surface area (Å²) in [6, 6.07) is 13.4. The molecule has 1 saturated heterocycles. The first-order valence-corrected chi connectivity index (χ1v) is 8.72. The van der Waals surface area contributed by atoms with Gasteiger partial charge in [-0.05, 0) is 36.5 Å². The molecule has 0 N–H and O–H groups in total.